The zero-order valence-electron chi connectivity index (χ0n) is 10.6. The van der Waals surface area contributed by atoms with Crippen molar-refractivity contribution in [1.82, 2.24) is 9.80 Å². The van der Waals surface area contributed by atoms with Crippen LogP contribution in [-0.4, -0.2) is 62.0 Å². The third-order valence-corrected chi connectivity index (χ3v) is 3.98. The predicted molar refractivity (Wildman–Crippen MR) is 62.4 cm³/mol. The second-order valence-corrected chi connectivity index (χ2v) is 5.02. The van der Waals surface area contributed by atoms with E-state index in [0.717, 1.165) is 19.5 Å². The third-order valence-electron chi connectivity index (χ3n) is 3.98. The Labute approximate surface area is 102 Å². The highest BCUT2D eigenvalue weighted by Gasteiger charge is 2.53. The van der Waals surface area contributed by atoms with Crippen LogP contribution in [0.3, 0.4) is 0 Å². The van der Waals surface area contributed by atoms with Gasteiger partial charge in [0.15, 0.2) is 0 Å². The first-order valence-corrected chi connectivity index (χ1v) is 6.16. The first kappa shape index (κ1) is 12.4. The van der Waals surface area contributed by atoms with Gasteiger partial charge in [0.1, 0.15) is 5.41 Å². The SMILES string of the molecule is COC(=O)C1(C(=O)N2CCN(C)CC2)CCC1. The van der Waals surface area contributed by atoms with Gasteiger partial charge >= 0.3 is 5.97 Å². The third kappa shape index (κ3) is 2.04. The number of methoxy groups -OCH3 is 1. The van der Waals surface area contributed by atoms with E-state index in [1.807, 2.05) is 11.9 Å². The zero-order valence-corrected chi connectivity index (χ0v) is 10.6. The Morgan fingerprint density at radius 2 is 1.71 bits per heavy atom. The van der Waals surface area contributed by atoms with Crippen LogP contribution >= 0.6 is 0 Å². The molecule has 0 unspecified atom stereocenters. The number of piperazine rings is 1. The molecule has 0 spiro atoms. The summed E-state index contributed by atoms with van der Waals surface area (Å²) in [5.74, 6) is -0.378. The Bertz CT molecular complexity index is 318. The Balaban J connectivity index is 2.05. The average molecular weight is 240 g/mol. The summed E-state index contributed by atoms with van der Waals surface area (Å²) in [4.78, 5) is 28.2. The van der Waals surface area contributed by atoms with Crippen molar-refractivity contribution in [2.24, 2.45) is 5.41 Å². The summed E-state index contributed by atoms with van der Waals surface area (Å²) in [6.07, 6.45) is 2.23. The van der Waals surface area contributed by atoms with E-state index in [2.05, 4.69) is 4.90 Å². The van der Waals surface area contributed by atoms with Crippen molar-refractivity contribution in [3.05, 3.63) is 0 Å². The molecule has 2 rings (SSSR count). The molecule has 1 aliphatic carbocycles. The minimum Gasteiger partial charge on any atom is -0.468 e. The van der Waals surface area contributed by atoms with E-state index in [4.69, 9.17) is 4.74 Å². The summed E-state index contributed by atoms with van der Waals surface area (Å²) in [6.45, 7) is 3.19. The topological polar surface area (TPSA) is 49.9 Å². The van der Waals surface area contributed by atoms with Crippen molar-refractivity contribution < 1.29 is 14.3 Å². The van der Waals surface area contributed by atoms with E-state index >= 15 is 0 Å². The maximum atomic E-state index is 12.4. The van der Waals surface area contributed by atoms with Crippen LogP contribution < -0.4 is 0 Å². The molecule has 96 valence electrons. The fourth-order valence-electron chi connectivity index (χ4n) is 2.54. The molecule has 5 heteroatoms. The number of carbonyl (C=O) groups excluding carboxylic acids is 2. The van der Waals surface area contributed by atoms with Crippen molar-refractivity contribution in [2.75, 3.05) is 40.3 Å². The van der Waals surface area contributed by atoms with Crippen molar-refractivity contribution in [2.45, 2.75) is 19.3 Å². The number of esters is 1. The van der Waals surface area contributed by atoms with Gasteiger partial charge in [-0.3, -0.25) is 9.59 Å². The lowest BCUT2D eigenvalue weighted by atomic mass is 9.67. The minimum absolute atomic E-state index is 0.0244. The molecular formula is C12H20N2O3. The first-order chi connectivity index (χ1) is 8.10. The molecule has 0 atom stereocenters. The molecule has 17 heavy (non-hydrogen) atoms. The molecule has 1 amide bonds. The molecule has 0 radical (unpaired) electrons. The monoisotopic (exact) mass is 240 g/mol. The van der Waals surface area contributed by atoms with Crippen LogP contribution in [0.1, 0.15) is 19.3 Å². The fraction of sp³-hybridized carbons (Fsp3) is 0.833. The number of ether oxygens (including phenoxy) is 1. The smallest absolute Gasteiger partial charge is 0.321 e. The number of amides is 1. The zero-order chi connectivity index (χ0) is 12.5. The largest absolute Gasteiger partial charge is 0.468 e. The Morgan fingerprint density at radius 3 is 2.12 bits per heavy atom. The van der Waals surface area contributed by atoms with Crippen molar-refractivity contribution in [1.29, 1.82) is 0 Å². The Kier molecular flexibility index (Phi) is 3.38. The maximum absolute atomic E-state index is 12.4. The van der Waals surface area contributed by atoms with Gasteiger partial charge in [0.05, 0.1) is 7.11 Å². The highest BCUT2D eigenvalue weighted by Crippen LogP contribution is 2.43. The number of hydrogen-bond acceptors (Lipinski definition) is 4. The summed E-state index contributed by atoms with van der Waals surface area (Å²) in [5.41, 5.74) is -0.856. The van der Waals surface area contributed by atoms with Gasteiger partial charge in [-0.1, -0.05) is 6.42 Å². The lowest BCUT2D eigenvalue weighted by molar-refractivity contribution is -0.170. The molecule has 5 nitrogen and oxygen atoms in total. The number of hydrogen-bond donors (Lipinski definition) is 0. The lowest BCUT2D eigenvalue weighted by Crippen LogP contribution is -2.57. The van der Waals surface area contributed by atoms with Crippen LogP contribution in [0.2, 0.25) is 0 Å². The predicted octanol–water partition coefficient (Wildman–Crippen LogP) is 0.104. The molecule has 0 N–H and O–H groups in total. The van der Waals surface area contributed by atoms with Crippen molar-refractivity contribution in [3.63, 3.8) is 0 Å². The van der Waals surface area contributed by atoms with Gasteiger partial charge in [0, 0.05) is 26.2 Å². The Hall–Kier alpha value is -1.10. The number of nitrogens with zero attached hydrogens (tertiary/aromatic N) is 2. The van der Waals surface area contributed by atoms with E-state index in [1.54, 1.807) is 0 Å². The number of likely N-dealkylation sites (N-methyl/N-ethyl adjacent to an activating group) is 1. The van der Waals surface area contributed by atoms with Crippen LogP contribution in [0.15, 0.2) is 0 Å². The highest BCUT2D eigenvalue weighted by molar-refractivity contribution is 6.03. The summed E-state index contributed by atoms with van der Waals surface area (Å²) in [6, 6.07) is 0. The van der Waals surface area contributed by atoms with Crippen LogP contribution in [0.25, 0.3) is 0 Å². The minimum atomic E-state index is -0.856. The van der Waals surface area contributed by atoms with Crippen molar-refractivity contribution >= 4 is 11.9 Å². The van der Waals surface area contributed by atoms with E-state index in [0.29, 0.717) is 25.9 Å². The molecule has 0 aromatic heterocycles. The number of rotatable bonds is 2. The average Bonchev–Trinajstić information content (AvgIpc) is 2.28. The van der Waals surface area contributed by atoms with Crippen molar-refractivity contribution in [3.8, 4) is 0 Å². The summed E-state index contributed by atoms with van der Waals surface area (Å²) < 4.78 is 4.79. The molecule has 1 saturated carbocycles. The summed E-state index contributed by atoms with van der Waals surface area (Å²) >= 11 is 0. The van der Waals surface area contributed by atoms with Gasteiger partial charge in [-0.05, 0) is 19.9 Å². The van der Waals surface area contributed by atoms with Gasteiger partial charge < -0.3 is 14.5 Å². The molecule has 1 aliphatic heterocycles. The van der Waals surface area contributed by atoms with E-state index in [9.17, 15) is 9.59 Å². The molecular weight excluding hydrogens is 220 g/mol. The molecule has 0 bridgehead atoms. The molecule has 1 heterocycles. The van der Waals surface area contributed by atoms with E-state index < -0.39 is 5.41 Å². The number of carbonyl (C=O) groups is 2. The first-order valence-electron chi connectivity index (χ1n) is 6.16. The van der Waals surface area contributed by atoms with Gasteiger partial charge in [-0.2, -0.15) is 0 Å². The normalized spacial score (nSPS) is 24.0. The second-order valence-electron chi connectivity index (χ2n) is 5.02. The highest BCUT2D eigenvalue weighted by atomic mass is 16.5. The molecule has 2 aliphatic rings. The van der Waals surface area contributed by atoms with Crippen LogP contribution in [0, 0.1) is 5.41 Å². The maximum Gasteiger partial charge on any atom is 0.321 e. The van der Waals surface area contributed by atoms with E-state index in [1.165, 1.54) is 7.11 Å². The lowest BCUT2D eigenvalue weighted by Gasteiger charge is -2.43. The van der Waals surface area contributed by atoms with Gasteiger partial charge in [-0.25, -0.2) is 0 Å². The van der Waals surface area contributed by atoms with Gasteiger partial charge in [0.2, 0.25) is 5.91 Å². The Morgan fingerprint density at radius 1 is 1.12 bits per heavy atom. The second kappa shape index (κ2) is 4.64. The molecule has 1 saturated heterocycles. The summed E-state index contributed by atoms with van der Waals surface area (Å²) in [5, 5.41) is 0. The molecule has 2 fully saturated rings. The van der Waals surface area contributed by atoms with Gasteiger partial charge in [0.25, 0.3) is 0 Å². The quantitative estimate of drug-likeness (QED) is 0.507. The summed E-state index contributed by atoms with van der Waals surface area (Å²) in [7, 11) is 3.40. The van der Waals surface area contributed by atoms with Crippen LogP contribution in [0.5, 0.6) is 0 Å². The molecule has 0 aromatic carbocycles. The van der Waals surface area contributed by atoms with E-state index in [-0.39, 0.29) is 11.9 Å². The fourth-order valence-corrected chi connectivity index (χ4v) is 2.54. The standard InChI is InChI=1S/C12H20N2O3/c1-13-6-8-14(9-7-13)10(15)12(4-3-5-12)11(16)17-2/h3-9H2,1-2H3. The molecule has 0 aromatic rings. The van der Waals surface area contributed by atoms with Crippen LogP contribution in [0.4, 0.5) is 0 Å². The van der Waals surface area contributed by atoms with Gasteiger partial charge in [-0.15, -0.1) is 0 Å². The van der Waals surface area contributed by atoms with Crippen LogP contribution in [-0.2, 0) is 14.3 Å².